The molecule has 0 atom stereocenters. The molecule has 1 aromatic heterocycles. The van der Waals surface area contributed by atoms with E-state index in [9.17, 15) is 9.59 Å². The highest BCUT2D eigenvalue weighted by Crippen LogP contribution is 2.32. The van der Waals surface area contributed by atoms with Crippen LogP contribution < -0.4 is 15.8 Å². The molecule has 0 spiro atoms. The van der Waals surface area contributed by atoms with E-state index >= 15 is 0 Å². The van der Waals surface area contributed by atoms with Crippen LogP contribution in [0.15, 0.2) is 54.6 Å². The first-order valence-electron chi connectivity index (χ1n) is 7.88. The van der Waals surface area contributed by atoms with E-state index in [1.807, 2.05) is 37.3 Å². The van der Waals surface area contributed by atoms with Gasteiger partial charge in [0.05, 0.1) is 10.6 Å². The summed E-state index contributed by atoms with van der Waals surface area (Å²) in [4.78, 5) is 28.7. The maximum Gasteiger partial charge on any atom is 0.264 e. The van der Waals surface area contributed by atoms with Crippen LogP contribution in [0.5, 0.6) is 5.75 Å². The van der Waals surface area contributed by atoms with Crippen molar-refractivity contribution in [1.29, 1.82) is 0 Å². The van der Waals surface area contributed by atoms with E-state index < -0.39 is 5.91 Å². The van der Waals surface area contributed by atoms with Gasteiger partial charge in [-0.25, -0.2) is 4.98 Å². The Labute approximate surface area is 154 Å². The highest BCUT2D eigenvalue weighted by molar-refractivity contribution is 7.19. The van der Waals surface area contributed by atoms with E-state index in [1.165, 1.54) is 17.4 Å². The minimum absolute atomic E-state index is 0.193. The molecule has 2 amide bonds. The Kier molecular flexibility index (Phi) is 5.28. The second-order valence-corrected chi connectivity index (χ2v) is 6.53. The first kappa shape index (κ1) is 17.6. The average Bonchev–Trinajstić information content (AvgIpc) is 3.01. The maximum absolute atomic E-state index is 12.1. The van der Waals surface area contributed by atoms with Gasteiger partial charge >= 0.3 is 0 Å². The lowest BCUT2D eigenvalue weighted by molar-refractivity contribution is -0.118. The van der Waals surface area contributed by atoms with Gasteiger partial charge in [-0.2, -0.15) is 0 Å². The number of benzene rings is 2. The molecule has 0 aliphatic heterocycles. The molecule has 2 aromatic carbocycles. The van der Waals surface area contributed by atoms with E-state index in [4.69, 9.17) is 10.5 Å². The van der Waals surface area contributed by atoms with Crippen LogP contribution in [0.25, 0.3) is 10.4 Å². The van der Waals surface area contributed by atoms with Crippen LogP contribution >= 0.6 is 11.3 Å². The Hall–Kier alpha value is -3.19. The van der Waals surface area contributed by atoms with Crippen molar-refractivity contribution >= 4 is 28.3 Å². The normalized spacial score (nSPS) is 10.3. The van der Waals surface area contributed by atoms with Crippen LogP contribution in [0.1, 0.15) is 16.1 Å². The smallest absolute Gasteiger partial charge is 0.264 e. The van der Waals surface area contributed by atoms with Gasteiger partial charge in [-0.15, -0.1) is 0 Å². The highest BCUT2D eigenvalue weighted by Gasteiger charge is 2.12. The number of rotatable bonds is 6. The zero-order chi connectivity index (χ0) is 18.5. The van der Waals surface area contributed by atoms with Crippen LogP contribution in [0.2, 0.25) is 0 Å². The lowest BCUT2D eigenvalue weighted by Gasteiger charge is -2.06. The summed E-state index contributed by atoms with van der Waals surface area (Å²) in [6.07, 6.45) is 0. The summed E-state index contributed by atoms with van der Waals surface area (Å²) in [5, 5.41) is 3.25. The van der Waals surface area contributed by atoms with Crippen LogP contribution in [0.3, 0.4) is 0 Å². The number of thiazole rings is 1. The molecule has 3 rings (SSSR count). The zero-order valence-corrected chi connectivity index (χ0v) is 14.9. The third-order valence-corrected chi connectivity index (χ3v) is 4.69. The molecular formula is C19H17N3O3S. The number of aryl methyl sites for hydroxylation is 1. The fraction of sp³-hybridized carbons (Fsp3) is 0.105. The summed E-state index contributed by atoms with van der Waals surface area (Å²) >= 11 is 1.41. The van der Waals surface area contributed by atoms with Crippen molar-refractivity contribution < 1.29 is 14.3 Å². The standard InChI is InChI=1S/C19H17N3O3S/c1-12-17(13-6-3-2-4-7-13)26-19(21-12)22-16(23)11-25-15-9-5-8-14(10-15)18(20)24/h2-10H,11H2,1H3,(H2,20,24)(H,21,22,23). The minimum atomic E-state index is -0.549. The Balaban J connectivity index is 1.62. The molecule has 7 heteroatoms. The Morgan fingerprint density at radius 1 is 1.15 bits per heavy atom. The molecule has 0 fully saturated rings. The molecule has 0 aliphatic carbocycles. The number of aromatic nitrogens is 1. The summed E-state index contributed by atoms with van der Waals surface area (Å²) in [6.45, 7) is 1.71. The molecule has 0 saturated heterocycles. The highest BCUT2D eigenvalue weighted by atomic mass is 32.1. The largest absolute Gasteiger partial charge is 0.484 e. The third-order valence-electron chi connectivity index (χ3n) is 3.57. The Morgan fingerprint density at radius 2 is 1.92 bits per heavy atom. The number of nitrogens with two attached hydrogens (primary N) is 1. The first-order chi connectivity index (χ1) is 12.5. The molecule has 0 unspecified atom stereocenters. The van der Waals surface area contributed by atoms with E-state index in [0.29, 0.717) is 16.4 Å². The molecule has 1 heterocycles. The van der Waals surface area contributed by atoms with E-state index in [2.05, 4.69) is 10.3 Å². The molecular weight excluding hydrogens is 350 g/mol. The van der Waals surface area contributed by atoms with Crippen molar-refractivity contribution in [2.45, 2.75) is 6.92 Å². The lowest BCUT2D eigenvalue weighted by atomic mass is 10.2. The van der Waals surface area contributed by atoms with Crippen LogP contribution in [0.4, 0.5) is 5.13 Å². The SMILES string of the molecule is Cc1nc(NC(=O)COc2cccc(C(N)=O)c2)sc1-c1ccccc1. The van der Waals surface area contributed by atoms with Crippen molar-refractivity contribution in [1.82, 2.24) is 4.98 Å². The number of carbonyl (C=O) groups is 2. The fourth-order valence-electron chi connectivity index (χ4n) is 2.35. The van der Waals surface area contributed by atoms with Crippen molar-refractivity contribution in [3.8, 4) is 16.2 Å². The number of nitrogens with one attached hydrogen (secondary N) is 1. The average molecular weight is 367 g/mol. The maximum atomic E-state index is 12.1. The number of nitrogens with zero attached hydrogens (tertiary/aromatic N) is 1. The van der Waals surface area contributed by atoms with Crippen molar-refractivity contribution in [2.75, 3.05) is 11.9 Å². The number of hydrogen-bond acceptors (Lipinski definition) is 5. The molecule has 6 nitrogen and oxygen atoms in total. The summed E-state index contributed by atoms with van der Waals surface area (Å²) in [7, 11) is 0. The molecule has 0 aliphatic rings. The van der Waals surface area contributed by atoms with Gasteiger partial charge in [-0.05, 0) is 30.7 Å². The number of anilines is 1. The van der Waals surface area contributed by atoms with Crippen LogP contribution in [0, 0.1) is 6.92 Å². The van der Waals surface area contributed by atoms with Crippen molar-refractivity contribution in [3.05, 3.63) is 65.9 Å². The van der Waals surface area contributed by atoms with E-state index in [0.717, 1.165) is 16.1 Å². The molecule has 0 saturated carbocycles. The van der Waals surface area contributed by atoms with Gasteiger partial charge in [0.15, 0.2) is 11.7 Å². The van der Waals surface area contributed by atoms with Crippen molar-refractivity contribution in [2.24, 2.45) is 5.73 Å². The van der Waals surface area contributed by atoms with E-state index in [-0.39, 0.29) is 12.5 Å². The molecule has 3 aromatic rings. The third kappa shape index (κ3) is 4.25. The summed E-state index contributed by atoms with van der Waals surface area (Å²) in [5.74, 6) is -0.480. The predicted molar refractivity (Wildman–Crippen MR) is 101 cm³/mol. The Bertz CT molecular complexity index is 938. The topological polar surface area (TPSA) is 94.3 Å². The number of primary amides is 1. The fourth-order valence-corrected chi connectivity index (χ4v) is 3.34. The minimum Gasteiger partial charge on any atom is -0.484 e. The molecule has 3 N–H and O–H groups in total. The number of ether oxygens (including phenoxy) is 1. The van der Waals surface area contributed by atoms with E-state index in [1.54, 1.807) is 18.2 Å². The van der Waals surface area contributed by atoms with Crippen molar-refractivity contribution in [3.63, 3.8) is 0 Å². The second kappa shape index (κ2) is 7.79. The lowest BCUT2D eigenvalue weighted by Crippen LogP contribution is -2.20. The van der Waals surface area contributed by atoms with Crippen LogP contribution in [-0.4, -0.2) is 23.4 Å². The monoisotopic (exact) mass is 367 g/mol. The number of amides is 2. The summed E-state index contributed by atoms with van der Waals surface area (Å²) in [6, 6.07) is 16.2. The molecule has 132 valence electrons. The number of carbonyl (C=O) groups excluding carboxylic acids is 2. The first-order valence-corrected chi connectivity index (χ1v) is 8.70. The predicted octanol–water partition coefficient (Wildman–Crippen LogP) is 3.23. The second-order valence-electron chi connectivity index (χ2n) is 5.53. The van der Waals surface area contributed by atoms with Gasteiger partial charge in [-0.1, -0.05) is 47.7 Å². The van der Waals surface area contributed by atoms with Gasteiger partial charge in [0.25, 0.3) is 5.91 Å². The van der Waals surface area contributed by atoms with Crippen LogP contribution in [-0.2, 0) is 4.79 Å². The molecule has 26 heavy (non-hydrogen) atoms. The van der Waals surface area contributed by atoms with Gasteiger partial charge in [0.1, 0.15) is 5.75 Å². The quantitative estimate of drug-likeness (QED) is 0.699. The summed E-state index contributed by atoms with van der Waals surface area (Å²) < 4.78 is 5.41. The van der Waals surface area contributed by atoms with Gasteiger partial charge in [0.2, 0.25) is 5.91 Å². The van der Waals surface area contributed by atoms with Gasteiger partial charge < -0.3 is 10.5 Å². The Morgan fingerprint density at radius 3 is 2.65 bits per heavy atom. The van der Waals surface area contributed by atoms with Gasteiger partial charge in [0, 0.05) is 5.56 Å². The molecule has 0 radical (unpaired) electrons. The molecule has 0 bridgehead atoms. The zero-order valence-electron chi connectivity index (χ0n) is 14.1. The summed E-state index contributed by atoms with van der Waals surface area (Å²) in [5.41, 5.74) is 7.46. The number of hydrogen-bond donors (Lipinski definition) is 2. The van der Waals surface area contributed by atoms with Gasteiger partial charge in [-0.3, -0.25) is 14.9 Å².